The van der Waals surface area contributed by atoms with Crippen molar-refractivity contribution in [3.63, 3.8) is 0 Å². The van der Waals surface area contributed by atoms with Crippen LogP contribution in [0.5, 0.6) is 0 Å². The molecule has 3 heteroatoms. The van der Waals surface area contributed by atoms with Crippen LogP contribution in [0.3, 0.4) is 0 Å². The number of benzene rings is 9. The van der Waals surface area contributed by atoms with Gasteiger partial charge in [0.15, 0.2) is 6.17 Å². The second kappa shape index (κ2) is 15.9. The van der Waals surface area contributed by atoms with Gasteiger partial charge in [0.05, 0.1) is 5.41 Å². The van der Waals surface area contributed by atoms with Crippen molar-refractivity contribution in [3.8, 4) is 55.6 Å². The Morgan fingerprint density at radius 2 is 0.821 bits per heavy atom. The lowest BCUT2D eigenvalue weighted by molar-refractivity contribution is 0.494. The molecule has 3 unspecified atom stereocenters. The summed E-state index contributed by atoms with van der Waals surface area (Å²) >= 11 is 0. The van der Waals surface area contributed by atoms with Crippen LogP contribution in [0.15, 0.2) is 253 Å². The van der Waals surface area contributed by atoms with Crippen molar-refractivity contribution in [1.82, 2.24) is 5.32 Å². The van der Waals surface area contributed by atoms with E-state index in [2.05, 4.69) is 248 Å². The zero-order chi connectivity index (χ0) is 44.3. The van der Waals surface area contributed by atoms with Gasteiger partial charge in [-0.1, -0.05) is 200 Å². The summed E-state index contributed by atoms with van der Waals surface area (Å²) in [6.07, 6.45) is 7.38. The molecule has 9 aromatic rings. The lowest BCUT2D eigenvalue weighted by atomic mass is 9.65. The number of allylic oxidation sites excluding steroid dienone is 4. The molecule has 0 fully saturated rings. The number of amidine groups is 2. The third-order valence-corrected chi connectivity index (χ3v) is 14.3. The summed E-state index contributed by atoms with van der Waals surface area (Å²) in [5, 5.41) is 3.88. The van der Waals surface area contributed by atoms with Crippen molar-refractivity contribution in [3.05, 3.63) is 282 Å². The highest BCUT2D eigenvalue weighted by atomic mass is 15.2. The van der Waals surface area contributed by atoms with E-state index < -0.39 is 6.17 Å². The monoisotopic (exact) mass is 855 g/mol. The Balaban J connectivity index is 1.03. The minimum atomic E-state index is -0.539. The van der Waals surface area contributed by atoms with E-state index in [1.54, 1.807) is 0 Å². The van der Waals surface area contributed by atoms with Gasteiger partial charge >= 0.3 is 0 Å². The van der Waals surface area contributed by atoms with Crippen LogP contribution in [0, 0.1) is 5.92 Å². The van der Waals surface area contributed by atoms with Gasteiger partial charge in [0.25, 0.3) is 0 Å². The van der Waals surface area contributed by atoms with Crippen LogP contribution in [-0.2, 0) is 5.41 Å². The molecule has 1 spiro atoms. The summed E-state index contributed by atoms with van der Waals surface area (Å²) < 4.78 is 0. The van der Waals surface area contributed by atoms with Gasteiger partial charge in [-0.2, -0.15) is 0 Å². The number of aliphatic imine (C=N–C) groups is 2. The van der Waals surface area contributed by atoms with Gasteiger partial charge < -0.3 is 5.32 Å². The Kier molecular flexibility index (Phi) is 9.28. The Morgan fingerprint density at radius 3 is 1.39 bits per heavy atom. The van der Waals surface area contributed by atoms with Crippen LogP contribution in [0.4, 0.5) is 0 Å². The molecule has 1 aliphatic heterocycles. The van der Waals surface area contributed by atoms with Gasteiger partial charge in [-0.15, -0.1) is 0 Å². The molecule has 0 aromatic heterocycles. The predicted molar refractivity (Wildman–Crippen MR) is 277 cm³/mol. The number of hydrogen-bond acceptors (Lipinski definition) is 3. The van der Waals surface area contributed by atoms with Gasteiger partial charge in [0.1, 0.15) is 11.7 Å². The minimum Gasteiger partial charge on any atom is -0.324 e. The molecular weight excluding hydrogens is 811 g/mol. The van der Waals surface area contributed by atoms with Crippen LogP contribution in [-0.4, -0.2) is 11.7 Å². The molecule has 3 atom stereocenters. The molecule has 0 saturated carbocycles. The van der Waals surface area contributed by atoms with Crippen molar-refractivity contribution < 1.29 is 0 Å². The fourth-order valence-electron chi connectivity index (χ4n) is 11.4. The van der Waals surface area contributed by atoms with Gasteiger partial charge in [0.2, 0.25) is 0 Å². The molecular formula is C64H45N3. The molecule has 13 rings (SSSR count). The van der Waals surface area contributed by atoms with E-state index in [0.717, 1.165) is 79.3 Å². The van der Waals surface area contributed by atoms with Crippen LogP contribution in [0.25, 0.3) is 61.2 Å². The highest BCUT2D eigenvalue weighted by Crippen LogP contribution is 2.65. The van der Waals surface area contributed by atoms with E-state index in [1.807, 2.05) is 0 Å². The van der Waals surface area contributed by atoms with Crippen LogP contribution in [0.1, 0.15) is 51.5 Å². The molecule has 0 amide bonds. The van der Waals surface area contributed by atoms with Gasteiger partial charge in [-0.05, 0) is 138 Å². The van der Waals surface area contributed by atoms with Gasteiger partial charge in [0, 0.05) is 17.0 Å². The number of nitrogens with zero attached hydrogens (tertiary/aromatic N) is 2. The van der Waals surface area contributed by atoms with Crippen LogP contribution >= 0.6 is 0 Å². The van der Waals surface area contributed by atoms with E-state index >= 15 is 0 Å². The van der Waals surface area contributed by atoms with Crippen LogP contribution < -0.4 is 5.32 Å². The number of hydrogen-bond donors (Lipinski definition) is 1. The van der Waals surface area contributed by atoms with Crippen LogP contribution in [0.2, 0.25) is 0 Å². The van der Waals surface area contributed by atoms with Gasteiger partial charge in [-0.25, -0.2) is 9.98 Å². The number of rotatable bonds is 7. The average Bonchev–Trinajstić information content (AvgIpc) is 3.88. The second-order valence-corrected chi connectivity index (χ2v) is 18.1. The van der Waals surface area contributed by atoms with E-state index in [0.29, 0.717) is 0 Å². The Labute approximate surface area is 391 Å². The lowest BCUT2D eigenvalue weighted by Crippen LogP contribution is -2.37. The molecule has 3 aliphatic carbocycles. The van der Waals surface area contributed by atoms with Crippen molar-refractivity contribution in [2.24, 2.45) is 15.9 Å². The summed E-state index contributed by atoms with van der Waals surface area (Å²) in [6.45, 7) is 0. The first kappa shape index (κ1) is 39.0. The molecule has 0 radical (unpaired) electrons. The Hall–Kier alpha value is -8.40. The van der Waals surface area contributed by atoms with E-state index in [9.17, 15) is 0 Å². The van der Waals surface area contributed by atoms with Crippen molar-refractivity contribution in [2.75, 3.05) is 0 Å². The first-order valence-electron chi connectivity index (χ1n) is 23.4. The Bertz CT molecular complexity index is 3400. The van der Waals surface area contributed by atoms with Crippen molar-refractivity contribution in [1.29, 1.82) is 0 Å². The maximum absolute atomic E-state index is 5.64. The first-order valence-corrected chi connectivity index (χ1v) is 23.4. The topological polar surface area (TPSA) is 36.8 Å². The Morgan fingerprint density at radius 1 is 0.373 bits per heavy atom. The molecule has 4 aliphatic rings. The SMILES string of the molecule is C1=CCC2C(=C1)c1ccccc1C21c2ccccc2-c2ccc(C3=NC(c4cc(-c5ccccc5)cc(-c5ccccc5)c4)N=C(c4cc(-c5ccccc5)cc(-c5ccccc5)c4)N3)cc21. The highest BCUT2D eigenvalue weighted by Gasteiger charge is 2.56. The third-order valence-electron chi connectivity index (χ3n) is 14.3. The summed E-state index contributed by atoms with van der Waals surface area (Å²) in [7, 11) is 0. The zero-order valence-corrected chi connectivity index (χ0v) is 36.9. The van der Waals surface area contributed by atoms with Crippen molar-refractivity contribution in [2.45, 2.75) is 18.0 Å². The fourth-order valence-corrected chi connectivity index (χ4v) is 11.4. The summed E-state index contributed by atoms with van der Waals surface area (Å²) in [5.41, 5.74) is 21.3. The zero-order valence-electron chi connectivity index (χ0n) is 36.9. The summed E-state index contributed by atoms with van der Waals surface area (Å²) in [5.74, 6) is 1.85. The van der Waals surface area contributed by atoms with E-state index in [1.165, 1.54) is 39.0 Å². The molecule has 3 nitrogen and oxygen atoms in total. The first-order chi connectivity index (χ1) is 33.2. The summed E-state index contributed by atoms with van der Waals surface area (Å²) in [6, 6.07) is 81.6. The normalized spacial score (nSPS) is 18.5. The average molecular weight is 856 g/mol. The fraction of sp³-hybridized carbons (Fsp3) is 0.0625. The standard InChI is InChI=1S/C64H45N3/c1-5-19-42(20-6-1)47-35-48(43-21-7-2-8-22-43)38-51(37-47)62-65-61(66-63(67-62)52-39-49(44-23-9-3-10-24-44)36-50(40-52)45-25-11-4-12-26-45)46-33-34-56-55-29-15-18-32-59(55)64(60(56)41-46)57-30-16-13-27-53(57)54-28-14-17-31-58(54)64/h1-30,32-41,58,62H,31H2,(H,65,66,67). The molecule has 1 heterocycles. The smallest absolute Gasteiger partial charge is 0.169 e. The highest BCUT2D eigenvalue weighted by molar-refractivity contribution is 6.17. The molecule has 0 bridgehead atoms. The molecule has 1 N–H and O–H groups in total. The predicted octanol–water partition coefficient (Wildman–Crippen LogP) is 15.1. The maximum Gasteiger partial charge on any atom is 0.169 e. The third kappa shape index (κ3) is 6.49. The lowest BCUT2D eigenvalue weighted by Gasteiger charge is -2.36. The van der Waals surface area contributed by atoms with Gasteiger partial charge in [-0.3, -0.25) is 0 Å². The number of fused-ring (bicyclic) bond motifs is 10. The summed E-state index contributed by atoms with van der Waals surface area (Å²) in [4.78, 5) is 11.2. The molecule has 316 valence electrons. The largest absolute Gasteiger partial charge is 0.324 e. The minimum absolute atomic E-state index is 0.271. The maximum atomic E-state index is 5.64. The molecule has 0 saturated heterocycles. The number of nitrogens with one attached hydrogen (secondary N) is 1. The quantitative estimate of drug-likeness (QED) is 0.170. The van der Waals surface area contributed by atoms with E-state index in [4.69, 9.17) is 9.98 Å². The van der Waals surface area contributed by atoms with Crippen molar-refractivity contribution >= 4 is 17.2 Å². The van der Waals surface area contributed by atoms with E-state index in [-0.39, 0.29) is 11.3 Å². The molecule has 9 aromatic carbocycles. The second-order valence-electron chi connectivity index (χ2n) is 18.1. The molecule has 67 heavy (non-hydrogen) atoms.